The van der Waals surface area contributed by atoms with E-state index >= 15 is 0 Å². The number of fused-ring (bicyclic) bond motifs is 1. The summed E-state index contributed by atoms with van der Waals surface area (Å²) in [6.45, 7) is 3.15. The first-order chi connectivity index (χ1) is 11.2. The molecule has 0 bridgehead atoms. The predicted molar refractivity (Wildman–Crippen MR) is 88.2 cm³/mol. The Morgan fingerprint density at radius 1 is 1.35 bits per heavy atom. The van der Waals surface area contributed by atoms with Crippen LogP contribution in [-0.4, -0.2) is 33.1 Å². The minimum Gasteiger partial charge on any atom is -0.493 e. The topological polar surface area (TPSA) is 55.3 Å². The first kappa shape index (κ1) is 14.5. The molecule has 1 saturated heterocycles. The highest BCUT2D eigenvalue weighted by Gasteiger charge is 2.33. The van der Waals surface area contributed by atoms with Gasteiger partial charge in [-0.3, -0.25) is 14.8 Å². The van der Waals surface area contributed by atoms with Gasteiger partial charge in [0.2, 0.25) is 5.91 Å². The van der Waals surface area contributed by atoms with Gasteiger partial charge in [-0.25, -0.2) is 0 Å². The number of carbonyl (C=O) groups is 1. The monoisotopic (exact) mass is 327 g/mol. The molecule has 1 amide bonds. The van der Waals surface area contributed by atoms with Crippen LogP contribution < -0.4 is 4.74 Å². The summed E-state index contributed by atoms with van der Waals surface area (Å²) in [5.41, 5.74) is 4.09. The highest BCUT2D eigenvalue weighted by Crippen LogP contribution is 2.41. The molecule has 3 heterocycles. The summed E-state index contributed by atoms with van der Waals surface area (Å²) in [5.74, 6) is 1.63. The number of hydrogen-bond donors (Lipinski definition) is 0. The van der Waals surface area contributed by atoms with Crippen LogP contribution in [0.25, 0.3) is 0 Å². The average Bonchev–Trinajstić information content (AvgIpc) is 3.16. The number of benzene rings is 1. The zero-order chi connectivity index (χ0) is 15.8. The molecule has 0 radical (unpaired) electrons. The lowest BCUT2D eigenvalue weighted by Gasteiger charge is -2.24. The lowest BCUT2D eigenvalue weighted by Crippen LogP contribution is -2.28. The van der Waals surface area contributed by atoms with Crippen LogP contribution in [-0.2, 0) is 17.8 Å². The highest BCUT2D eigenvalue weighted by atomic mass is 32.2. The smallest absolute Gasteiger partial charge is 0.234 e. The van der Waals surface area contributed by atoms with Gasteiger partial charge in [0.1, 0.15) is 11.1 Å². The molecular formula is C17H17N3O2S. The molecule has 0 aliphatic carbocycles. The summed E-state index contributed by atoms with van der Waals surface area (Å²) in [6.07, 6.45) is 4.43. The molecule has 0 spiro atoms. The molecule has 0 N–H and O–H groups in total. The standard InChI is InChI=1S/C17H17N3O2S/c1-11-7-19-14(8-18-11)9-20-16(21)10-23-17(20)13-2-3-15-12(6-13)4-5-22-15/h2-3,6-8,17H,4-5,9-10H2,1H3. The first-order valence-electron chi connectivity index (χ1n) is 7.65. The number of amides is 1. The highest BCUT2D eigenvalue weighted by molar-refractivity contribution is 8.00. The summed E-state index contributed by atoms with van der Waals surface area (Å²) in [5, 5.41) is 0.0384. The van der Waals surface area contributed by atoms with Crippen LogP contribution in [0.1, 0.15) is 27.9 Å². The van der Waals surface area contributed by atoms with Crippen molar-refractivity contribution in [3.8, 4) is 5.75 Å². The third kappa shape index (κ3) is 2.79. The second-order valence-corrected chi connectivity index (χ2v) is 6.87. The van der Waals surface area contributed by atoms with Crippen molar-refractivity contribution in [2.75, 3.05) is 12.4 Å². The molecule has 4 rings (SSSR count). The Morgan fingerprint density at radius 3 is 3.09 bits per heavy atom. The lowest BCUT2D eigenvalue weighted by molar-refractivity contribution is -0.128. The minimum atomic E-state index is 0.0384. The SMILES string of the molecule is Cc1cnc(CN2C(=O)CSC2c2ccc3c(c2)CCO3)cn1. The lowest BCUT2D eigenvalue weighted by atomic mass is 10.1. The summed E-state index contributed by atoms with van der Waals surface area (Å²) in [6, 6.07) is 6.26. The van der Waals surface area contributed by atoms with Crippen molar-refractivity contribution in [2.24, 2.45) is 0 Å². The molecule has 1 aromatic heterocycles. The number of aromatic nitrogens is 2. The van der Waals surface area contributed by atoms with E-state index in [-0.39, 0.29) is 11.3 Å². The number of rotatable bonds is 3. The maximum absolute atomic E-state index is 12.3. The quantitative estimate of drug-likeness (QED) is 0.867. The molecular weight excluding hydrogens is 310 g/mol. The van der Waals surface area contributed by atoms with Gasteiger partial charge in [-0.05, 0) is 30.2 Å². The van der Waals surface area contributed by atoms with Gasteiger partial charge in [0.25, 0.3) is 0 Å². The Labute approximate surface area is 139 Å². The number of thioether (sulfide) groups is 1. The number of ether oxygens (including phenoxy) is 1. The zero-order valence-corrected chi connectivity index (χ0v) is 13.7. The zero-order valence-electron chi connectivity index (χ0n) is 12.9. The van der Waals surface area contributed by atoms with E-state index in [2.05, 4.69) is 22.1 Å². The van der Waals surface area contributed by atoms with Gasteiger partial charge in [0, 0.05) is 12.6 Å². The van der Waals surface area contributed by atoms with Crippen LogP contribution in [0.3, 0.4) is 0 Å². The van der Waals surface area contributed by atoms with Crippen LogP contribution in [0.5, 0.6) is 5.75 Å². The number of nitrogens with zero attached hydrogens (tertiary/aromatic N) is 3. The number of aryl methyl sites for hydroxylation is 1. The van der Waals surface area contributed by atoms with E-state index in [0.29, 0.717) is 12.3 Å². The second kappa shape index (κ2) is 5.85. The fraction of sp³-hybridized carbons (Fsp3) is 0.353. The van der Waals surface area contributed by atoms with E-state index in [1.54, 1.807) is 24.2 Å². The molecule has 2 aliphatic heterocycles. The fourth-order valence-electron chi connectivity index (χ4n) is 2.94. The van der Waals surface area contributed by atoms with Crippen LogP contribution in [0.2, 0.25) is 0 Å². The van der Waals surface area contributed by atoms with Crippen molar-refractivity contribution in [3.05, 3.63) is 53.1 Å². The van der Waals surface area contributed by atoms with E-state index in [1.807, 2.05) is 17.9 Å². The Hall–Kier alpha value is -2.08. The van der Waals surface area contributed by atoms with Crippen LogP contribution in [0.15, 0.2) is 30.6 Å². The van der Waals surface area contributed by atoms with Gasteiger partial charge in [-0.2, -0.15) is 0 Å². The van der Waals surface area contributed by atoms with E-state index in [4.69, 9.17) is 4.74 Å². The minimum absolute atomic E-state index is 0.0384. The summed E-state index contributed by atoms with van der Waals surface area (Å²) >= 11 is 1.67. The fourth-order valence-corrected chi connectivity index (χ4v) is 4.11. The molecule has 5 nitrogen and oxygen atoms in total. The molecule has 2 aliphatic rings. The summed E-state index contributed by atoms with van der Waals surface area (Å²) in [7, 11) is 0. The Bertz CT molecular complexity index is 748. The van der Waals surface area contributed by atoms with E-state index in [0.717, 1.165) is 35.7 Å². The molecule has 23 heavy (non-hydrogen) atoms. The predicted octanol–water partition coefficient (Wildman–Crippen LogP) is 2.49. The van der Waals surface area contributed by atoms with Gasteiger partial charge < -0.3 is 9.64 Å². The molecule has 1 atom stereocenters. The Morgan fingerprint density at radius 2 is 2.26 bits per heavy atom. The third-order valence-corrected chi connectivity index (χ3v) is 5.39. The maximum Gasteiger partial charge on any atom is 0.234 e. The van der Waals surface area contributed by atoms with Crippen molar-refractivity contribution >= 4 is 17.7 Å². The molecule has 6 heteroatoms. The largest absolute Gasteiger partial charge is 0.493 e. The molecule has 1 fully saturated rings. The summed E-state index contributed by atoms with van der Waals surface area (Å²) < 4.78 is 5.57. The van der Waals surface area contributed by atoms with E-state index < -0.39 is 0 Å². The van der Waals surface area contributed by atoms with Gasteiger partial charge in [0.05, 0.1) is 36.5 Å². The van der Waals surface area contributed by atoms with E-state index in [9.17, 15) is 4.79 Å². The third-order valence-electron chi connectivity index (χ3n) is 4.13. The Kier molecular flexibility index (Phi) is 3.69. The van der Waals surface area contributed by atoms with Gasteiger partial charge in [0.15, 0.2) is 0 Å². The normalized spacial score (nSPS) is 19.8. The molecule has 0 saturated carbocycles. The van der Waals surface area contributed by atoms with Crippen molar-refractivity contribution in [1.29, 1.82) is 0 Å². The second-order valence-electron chi connectivity index (χ2n) is 5.80. The van der Waals surface area contributed by atoms with Crippen molar-refractivity contribution in [2.45, 2.75) is 25.3 Å². The van der Waals surface area contributed by atoms with Gasteiger partial charge in [-0.1, -0.05) is 6.07 Å². The van der Waals surface area contributed by atoms with Gasteiger partial charge >= 0.3 is 0 Å². The molecule has 2 aromatic rings. The van der Waals surface area contributed by atoms with Crippen LogP contribution in [0, 0.1) is 6.92 Å². The number of hydrogen-bond acceptors (Lipinski definition) is 5. The van der Waals surface area contributed by atoms with Crippen molar-refractivity contribution in [1.82, 2.24) is 14.9 Å². The van der Waals surface area contributed by atoms with Crippen LogP contribution >= 0.6 is 11.8 Å². The number of carbonyl (C=O) groups excluding carboxylic acids is 1. The molecule has 1 aromatic carbocycles. The van der Waals surface area contributed by atoms with Crippen molar-refractivity contribution < 1.29 is 9.53 Å². The van der Waals surface area contributed by atoms with E-state index in [1.165, 1.54) is 5.56 Å². The molecule has 118 valence electrons. The maximum atomic E-state index is 12.3. The Balaban J connectivity index is 1.59. The van der Waals surface area contributed by atoms with Crippen molar-refractivity contribution in [3.63, 3.8) is 0 Å². The van der Waals surface area contributed by atoms with Crippen LogP contribution in [0.4, 0.5) is 0 Å². The molecule has 1 unspecified atom stereocenters. The van der Waals surface area contributed by atoms with Gasteiger partial charge in [-0.15, -0.1) is 11.8 Å². The summed E-state index contributed by atoms with van der Waals surface area (Å²) in [4.78, 5) is 22.8. The first-order valence-corrected chi connectivity index (χ1v) is 8.70. The average molecular weight is 327 g/mol.